The molecule has 1 heterocycles. The van der Waals surface area contributed by atoms with Crippen molar-refractivity contribution in [2.45, 2.75) is 39.5 Å². The molecule has 1 aromatic heterocycles. The number of fused-ring (bicyclic) bond motifs is 1. The van der Waals surface area contributed by atoms with E-state index < -0.39 is 5.63 Å². The van der Waals surface area contributed by atoms with Gasteiger partial charge in [-0.15, -0.1) is 0 Å². The number of nitrogens with one attached hydrogen (secondary N) is 1. The summed E-state index contributed by atoms with van der Waals surface area (Å²) in [6.07, 6.45) is 3.70. The maximum absolute atomic E-state index is 12.4. The van der Waals surface area contributed by atoms with Crippen molar-refractivity contribution in [3.8, 4) is 0 Å². The first-order valence-corrected chi connectivity index (χ1v) is 8.12. The highest BCUT2D eigenvalue weighted by Crippen LogP contribution is 2.15. The van der Waals surface area contributed by atoms with E-state index in [1.54, 1.807) is 24.3 Å². The Morgan fingerprint density at radius 3 is 2.74 bits per heavy atom. The quantitative estimate of drug-likeness (QED) is 0.795. The van der Waals surface area contributed by atoms with Crippen LogP contribution in [0.2, 0.25) is 0 Å². The minimum atomic E-state index is -0.477. The molecule has 0 fully saturated rings. The molecule has 23 heavy (non-hydrogen) atoms. The van der Waals surface area contributed by atoms with Crippen LogP contribution in [0, 0.1) is 0 Å². The molecule has 0 aliphatic carbocycles. The summed E-state index contributed by atoms with van der Waals surface area (Å²) in [5.74, 6) is 0. The number of urea groups is 1. The number of aromatic nitrogens is 1. The summed E-state index contributed by atoms with van der Waals surface area (Å²) in [6.45, 7) is 5.12. The summed E-state index contributed by atoms with van der Waals surface area (Å²) >= 11 is 0. The Labute approximate surface area is 135 Å². The van der Waals surface area contributed by atoms with Gasteiger partial charge in [-0.05, 0) is 25.0 Å². The molecule has 6 nitrogen and oxygen atoms in total. The molecule has 1 aromatic carbocycles. The molecular weight excluding hydrogens is 294 g/mol. The topological polar surface area (TPSA) is 75.4 Å². The van der Waals surface area contributed by atoms with Gasteiger partial charge >= 0.3 is 17.7 Å². The molecule has 0 unspecified atom stereocenters. The summed E-state index contributed by atoms with van der Waals surface area (Å²) in [4.78, 5) is 30.2. The van der Waals surface area contributed by atoms with Crippen LogP contribution < -0.4 is 15.8 Å². The Morgan fingerprint density at radius 2 is 2.00 bits per heavy atom. The van der Waals surface area contributed by atoms with Crippen LogP contribution in [0.15, 0.2) is 33.5 Å². The predicted octanol–water partition coefficient (Wildman–Crippen LogP) is 3.30. The van der Waals surface area contributed by atoms with Gasteiger partial charge in [0.25, 0.3) is 0 Å². The molecule has 1 N–H and O–H groups in total. The Balaban J connectivity index is 2.33. The molecule has 0 bridgehead atoms. The van der Waals surface area contributed by atoms with Gasteiger partial charge in [0.15, 0.2) is 0 Å². The molecular formula is C17H23N3O3. The van der Waals surface area contributed by atoms with Gasteiger partial charge in [0.2, 0.25) is 0 Å². The second kappa shape index (κ2) is 8.31. The zero-order valence-corrected chi connectivity index (χ0v) is 13.7. The highest BCUT2D eigenvalue weighted by atomic mass is 16.4. The van der Waals surface area contributed by atoms with E-state index in [2.05, 4.69) is 17.2 Å². The van der Waals surface area contributed by atoms with Crippen LogP contribution in [0.5, 0.6) is 0 Å². The molecule has 2 rings (SSSR count). The van der Waals surface area contributed by atoms with E-state index in [-0.39, 0.29) is 12.0 Å². The van der Waals surface area contributed by atoms with Crippen molar-refractivity contribution in [2.24, 2.45) is 0 Å². The third-order valence-electron chi connectivity index (χ3n) is 3.51. The van der Waals surface area contributed by atoms with Gasteiger partial charge in [-0.25, -0.2) is 14.5 Å². The van der Waals surface area contributed by atoms with E-state index in [1.165, 1.54) is 4.90 Å². The maximum Gasteiger partial charge on any atom is 0.348 e. The highest BCUT2D eigenvalue weighted by molar-refractivity contribution is 5.90. The van der Waals surface area contributed by atoms with Crippen LogP contribution in [0.4, 0.5) is 10.8 Å². The fourth-order valence-corrected chi connectivity index (χ4v) is 2.25. The number of carbonyl (C=O) groups excluding carboxylic acids is 1. The average molecular weight is 317 g/mol. The monoisotopic (exact) mass is 317 g/mol. The summed E-state index contributed by atoms with van der Waals surface area (Å²) in [5.41, 5.74) is 0.0527. The lowest BCUT2D eigenvalue weighted by atomic mass is 10.2. The second-order valence-electron chi connectivity index (χ2n) is 5.39. The number of amides is 2. The first-order chi connectivity index (χ1) is 11.2. The van der Waals surface area contributed by atoms with E-state index in [0.717, 1.165) is 25.7 Å². The molecule has 0 saturated heterocycles. The third kappa shape index (κ3) is 4.31. The van der Waals surface area contributed by atoms with Crippen molar-refractivity contribution >= 4 is 22.9 Å². The van der Waals surface area contributed by atoms with Crippen molar-refractivity contribution < 1.29 is 9.21 Å². The lowest BCUT2D eigenvalue weighted by Crippen LogP contribution is -2.41. The Morgan fingerprint density at radius 1 is 1.22 bits per heavy atom. The SMILES string of the molecule is CCCCCN(C(=O)NCCC)c1nc2ccccc2c(=O)o1. The second-order valence-corrected chi connectivity index (χ2v) is 5.39. The van der Waals surface area contributed by atoms with Gasteiger partial charge < -0.3 is 9.73 Å². The van der Waals surface area contributed by atoms with Crippen LogP contribution in [0.25, 0.3) is 10.9 Å². The number of nitrogens with zero attached hydrogens (tertiary/aromatic N) is 2. The Kier molecular flexibility index (Phi) is 6.14. The average Bonchev–Trinajstić information content (AvgIpc) is 2.56. The zero-order valence-electron chi connectivity index (χ0n) is 13.7. The fraction of sp³-hybridized carbons (Fsp3) is 0.471. The molecule has 124 valence electrons. The molecule has 0 aliphatic rings. The van der Waals surface area contributed by atoms with E-state index in [4.69, 9.17) is 4.42 Å². The third-order valence-corrected chi connectivity index (χ3v) is 3.51. The van der Waals surface area contributed by atoms with E-state index in [1.807, 2.05) is 6.92 Å². The molecule has 0 atom stereocenters. The van der Waals surface area contributed by atoms with Crippen LogP contribution in [-0.4, -0.2) is 24.1 Å². The zero-order chi connectivity index (χ0) is 16.7. The van der Waals surface area contributed by atoms with Crippen molar-refractivity contribution in [1.29, 1.82) is 0 Å². The number of para-hydroxylation sites is 1. The largest absolute Gasteiger partial charge is 0.388 e. The van der Waals surface area contributed by atoms with Crippen molar-refractivity contribution in [3.05, 3.63) is 34.7 Å². The first kappa shape index (κ1) is 17.0. The fourth-order valence-electron chi connectivity index (χ4n) is 2.25. The lowest BCUT2D eigenvalue weighted by molar-refractivity contribution is 0.244. The maximum atomic E-state index is 12.4. The standard InChI is InChI=1S/C17H23N3O3/c1-3-5-8-12-20(16(22)18-11-4-2)17-19-14-10-7-6-9-13(14)15(21)23-17/h6-7,9-10H,3-5,8,11-12H2,1-2H3,(H,18,22). The smallest absolute Gasteiger partial charge is 0.348 e. The number of anilines is 1. The van der Waals surface area contributed by atoms with Gasteiger partial charge in [0, 0.05) is 13.1 Å². The molecule has 2 amide bonds. The van der Waals surface area contributed by atoms with Crippen LogP contribution in [-0.2, 0) is 0 Å². The van der Waals surface area contributed by atoms with E-state index in [9.17, 15) is 9.59 Å². The summed E-state index contributed by atoms with van der Waals surface area (Å²) in [6, 6.07) is 6.73. The number of benzene rings is 1. The predicted molar refractivity (Wildman–Crippen MR) is 90.8 cm³/mol. The van der Waals surface area contributed by atoms with Gasteiger partial charge in [0.1, 0.15) is 0 Å². The van der Waals surface area contributed by atoms with Crippen LogP contribution >= 0.6 is 0 Å². The number of carbonyl (C=O) groups is 1. The lowest BCUT2D eigenvalue weighted by Gasteiger charge is -2.20. The van der Waals surface area contributed by atoms with Crippen LogP contribution in [0.3, 0.4) is 0 Å². The summed E-state index contributed by atoms with van der Waals surface area (Å²) in [5, 5.41) is 3.23. The number of unbranched alkanes of at least 4 members (excludes halogenated alkanes) is 2. The van der Waals surface area contributed by atoms with Gasteiger partial charge in [-0.3, -0.25) is 0 Å². The van der Waals surface area contributed by atoms with E-state index >= 15 is 0 Å². The summed E-state index contributed by atoms with van der Waals surface area (Å²) < 4.78 is 5.28. The molecule has 0 spiro atoms. The van der Waals surface area contributed by atoms with Crippen molar-refractivity contribution in [2.75, 3.05) is 18.0 Å². The Hall–Kier alpha value is -2.37. The normalized spacial score (nSPS) is 10.7. The van der Waals surface area contributed by atoms with Crippen molar-refractivity contribution in [3.63, 3.8) is 0 Å². The van der Waals surface area contributed by atoms with Gasteiger partial charge in [-0.2, -0.15) is 4.98 Å². The molecule has 6 heteroatoms. The number of hydrogen-bond acceptors (Lipinski definition) is 4. The van der Waals surface area contributed by atoms with Gasteiger partial charge in [0.05, 0.1) is 10.9 Å². The highest BCUT2D eigenvalue weighted by Gasteiger charge is 2.20. The molecule has 2 aromatic rings. The number of rotatable bonds is 7. The van der Waals surface area contributed by atoms with E-state index in [0.29, 0.717) is 24.0 Å². The minimum Gasteiger partial charge on any atom is -0.388 e. The molecule has 0 saturated carbocycles. The summed E-state index contributed by atoms with van der Waals surface area (Å²) in [7, 11) is 0. The Bertz CT molecular complexity index is 712. The van der Waals surface area contributed by atoms with Crippen molar-refractivity contribution in [1.82, 2.24) is 10.3 Å². The van der Waals surface area contributed by atoms with Gasteiger partial charge in [-0.1, -0.05) is 38.8 Å². The first-order valence-electron chi connectivity index (χ1n) is 8.12. The van der Waals surface area contributed by atoms with Crippen LogP contribution in [0.1, 0.15) is 39.5 Å². The molecule has 0 radical (unpaired) electrons. The molecule has 0 aliphatic heterocycles. The minimum absolute atomic E-state index is 0.0541. The number of hydrogen-bond donors (Lipinski definition) is 1.